The maximum absolute atomic E-state index is 5.16. The first-order valence-electron chi connectivity index (χ1n) is 4.83. The molecule has 1 heterocycles. The third-order valence-corrected chi connectivity index (χ3v) is 2.40. The summed E-state index contributed by atoms with van der Waals surface area (Å²) in [4.78, 5) is 5.16. The van der Waals surface area contributed by atoms with Gasteiger partial charge in [0, 0.05) is 13.1 Å². The zero-order valence-corrected chi connectivity index (χ0v) is 7.38. The van der Waals surface area contributed by atoms with Crippen LogP contribution < -0.4 is 5.32 Å². The van der Waals surface area contributed by atoms with Crippen LogP contribution in [0.3, 0.4) is 0 Å². The highest BCUT2D eigenvalue weighted by molar-refractivity contribution is 5.92. The van der Waals surface area contributed by atoms with Crippen LogP contribution in [-0.2, 0) is 4.84 Å². The van der Waals surface area contributed by atoms with E-state index in [0.29, 0.717) is 0 Å². The topological polar surface area (TPSA) is 33.6 Å². The Morgan fingerprint density at radius 1 is 1.42 bits per heavy atom. The summed E-state index contributed by atoms with van der Waals surface area (Å²) in [6, 6.07) is 0. The molecule has 0 aromatic heterocycles. The molecule has 0 bridgehead atoms. The second-order valence-corrected chi connectivity index (χ2v) is 3.68. The van der Waals surface area contributed by atoms with Gasteiger partial charge in [-0.2, -0.15) is 0 Å². The molecule has 68 valence electrons. The van der Waals surface area contributed by atoms with E-state index in [-0.39, 0.29) is 0 Å². The van der Waals surface area contributed by atoms with Gasteiger partial charge in [-0.15, -0.1) is 0 Å². The molecule has 1 aliphatic carbocycles. The van der Waals surface area contributed by atoms with Crippen LogP contribution in [0.25, 0.3) is 0 Å². The summed E-state index contributed by atoms with van der Waals surface area (Å²) in [5.74, 6) is 1.02. The molecule has 1 saturated heterocycles. The van der Waals surface area contributed by atoms with Crippen molar-refractivity contribution in [2.45, 2.75) is 25.7 Å². The number of nitrogens with zero attached hydrogens (tertiary/aromatic N) is 1. The van der Waals surface area contributed by atoms with Gasteiger partial charge in [0.1, 0.15) is 6.61 Å². The zero-order chi connectivity index (χ0) is 8.23. The van der Waals surface area contributed by atoms with Gasteiger partial charge in [-0.25, -0.2) is 0 Å². The number of hydrogen-bond donors (Lipinski definition) is 1. The van der Waals surface area contributed by atoms with Crippen molar-refractivity contribution in [2.75, 3.05) is 19.7 Å². The van der Waals surface area contributed by atoms with E-state index >= 15 is 0 Å². The first-order chi connectivity index (χ1) is 5.95. The molecule has 0 aromatic carbocycles. The molecule has 0 radical (unpaired) electrons. The van der Waals surface area contributed by atoms with Crippen molar-refractivity contribution in [3.8, 4) is 0 Å². The fraction of sp³-hybridized carbons (Fsp3) is 0.889. The maximum Gasteiger partial charge on any atom is 0.117 e. The summed E-state index contributed by atoms with van der Waals surface area (Å²) in [6.45, 7) is 2.64. The van der Waals surface area contributed by atoms with E-state index in [2.05, 4.69) is 10.5 Å². The lowest BCUT2D eigenvalue weighted by atomic mass is 10.2. The van der Waals surface area contributed by atoms with Crippen molar-refractivity contribution in [1.29, 1.82) is 0 Å². The van der Waals surface area contributed by atoms with Crippen LogP contribution in [0.5, 0.6) is 0 Å². The fourth-order valence-corrected chi connectivity index (χ4v) is 1.28. The van der Waals surface area contributed by atoms with Crippen LogP contribution in [-0.4, -0.2) is 25.4 Å². The Bertz CT molecular complexity index is 169. The summed E-state index contributed by atoms with van der Waals surface area (Å²) < 4.78 is 0. The van der Waals surface area contributed by atoms with E-state index in [1.165, 1.54) is 25.7 Å². The minimum absolute atomic E-state index is 0.806. The highest BCUT2D eigenvalue weighted by Gasteiger charge is 2.20. The lowest BCUT2D eigenvalue weighted by Gasteiger charge is -2.15. The van der Waals surface area contributed by atoms with Gasteiger partial charge in [-0.05, 0) is 18.8 Å². The van der Waals surface area contributed by atoms with Crippen molar-refractivity contribution in [2.24, 2.45) is 11.1 Å². The molecule has 0 spiro atoms. The van der Waals surface area contributed by atoms with Crippen molar-refractivity contribution < 1.29 is 4.84 Å². The van der Waals surface area contributed by atoms with Crippen LogP contribution in [0.2, 0.25) is 0 Å². The first-order valence-corrected chi connectivity index (χ1v) is 4.83. The molecule has 2 aliphatic rings. The molecule has 1 aliphatic heterocycles. The van der Waals surface area contributed by atoms with E-state index in [4.69, 9.17) is 4.84 Å². The molecule has 0 unspecified atom stereocenters. The highest BCUT2D eigenvalue weighted by atomic mass is 16.6. The number of rotatable bonds is 5. The molecule has 3 nitrogen and oxygen atoms in total. The summed E-state index contributed by atoms with van der Waals surface area (Å²) in [7, 11) is 0. The lowest BCUT2D eigenvalue weighted by molar-refractivity contribution is 0.137. The average molecular weight is 168 g/mol. The van der Waals surface area contributed by atoms with E-state index in [0.717, 1.165) is 31.3 Å². The van der Waals surface area contributed by atoms with Crippen LogP contribution in [0.4, 0.5) is 0 Å². The Morgan fingerprint density at radius 2 is 2.25 bits per heavy atom. The van der Waals surface area contributed by atoms with Crippen LogP contribution in [0.15, 0.2) is 5.16 Å². The zero-order valence-electron chi connectivity index (χ0n) is 7.38. The third-order valence-electron chi connectivity index (χ3n) is 2.40. The lowest BCUT2D eigenvalue weighted by Crippen LogP contribution is -2.42. The van der Waals surface area contributed by atoms with Crippen LogP contribution >= 0.6 is 0 Å². The van der Waals surface area contributed by atoms with Crippen molar-refractivity contribution in [3.63, 3.8) is 0 Å². The van der Waals surface area contributed by atoms with Gasteiger partial charge in [0.15, 0.2) is 0 Å². The van der Waals surface area contributed by atoms with Crippen molar-refractivity contribution in [3.05, 3.63) is 0 Å². The summed E-state index contributed by atoms with van der Waals surface area (Å²) in [5, 5.41) is 7.12. The van der Waals surface area contributed by atoms with Crippen LogP contribution in [0, 0.1) is 5.92 Å². The van der Waals surface area contributed by atoms with Gasteiger partial charge in [0.05, 0.1) is 5.71 Å². The van der Waals surface area contributed by atoms with Crippen LogP contribution in [0.1, 0.15) is 25.7 Å². The largest absolute Gasteiger partial charge is 0.396 e. The van der Waals surface area contributed by atoms with E-state index in [1.807, 2.05) is 0 Å². The average Bonchev–Trinajstić information content (AvgIpc) is 2.76. The maximum atomic E-state index is 5.16. The molecule has 12 heavy (non-hydrogen) atoms. The molecule has 2 rings (SSSR count). The van der Waals surface area contributed by atoms with E-state index in [9.17, 15) is 0 Å². The molecule has 0 aromatic rings. The molecule has 1 saturated carbocycles. The predicted octanol–water partition coefficient (Wildman–Crippen LogP) is 1.15. The molecular weight excluding hydrogens is 152 g/mol. The first kappa shape index (κ1) is 8.05. The summed E-state index contributed by atoms with van der Waals surface area (Å²) in [5.41, 5.74) is 1.15. The molecule has 0 amide bonds. The van der Waals surface area contributed by atoms with Gasteiger partial charge in [0.2, 0.25) is 0 Å². The van der Waals surface area contributed by atoms with Crippen molar-refractivity contribution in [1.82, 2.24) is 5.32 Å². The minimum Gasteiger partial charge on any atom is -0.396 e. The van der Waals surface area contributed by atoms with E-state index in [1.54, 1.807) is 0 Å². The number of oxime groups is 1. The predicted molar refractivity (Wildman–Crippen MR) is 48.2 cm³/mol. The van der Waals surface area contributed by atoms with Crippen molar-refractivity contribution >= 4 is 5.71 Å². The number of nitrogens with one attached hydrogen (secondary N) is 1. The second kappa shape index (κ2) is 3.90. The summed E-state index contributed by atoms with van der Waals surface area (Å²) in [6.07, 6.45) is 5.40. The molecular formula is C9H16N2O. The minimum atomic E-state index is 0.806. The molecule has 2 fully saturated rings. The van der Waals surface area contributed by atoms with Gasteiger partial charge in [-0.3, -0.25) is 0 Å². The molecule has 0 atom stereocenters. The Hall–Kier alpha value is -0.570. The van der Waals surface area contributed by atoms with Gasteiger partial charge in [0.25, 0.3) is 0 Å². The monoisotopic (exact) mass is 168 g/mol. The Balaban J connectivity index is 1.45. The van der Waals surface area contributed by atoms with Gasteiger partial charge < -0.3 is 10.2 Å². The quantitative estimate of drug-likeness (QED) is 0.493. The molecule has 3 heteroatoms. The van der Waals surface area contributed by atoms with Gasteiger partial charge in [-0.1, -0.05) is 18.0 Å². The standard InChI is InChI=1S/C9H16N2O/c1(2-8-3-4-8)5-12-11-9-6-10-7-9/h8,10H,1-7H2. The molecule has 1 N–H and O–H groups in total. The second-order valence-electron chi connectivity index (χ2n) is 3.68. The smallest absolute Gasteiger partial charge is 0.117 e. The summed E-state index contributed by atoms with van der Waals surface area (Å²) >= 11 is 0. The Kier molecular flexibility index (Phi) is 2.61. The SMILES string of the molecule is C(CON=C1CNC1)CC1CC1. The fourth-order valence-electron chi connectivity index (χ4n) is 1.28. The highest BCUT2D eigenvalue weighted by Crippen LogP contribution is 2.33. The Morgan fingerprint density at radius 3 is 2.83 bits per heavy atom. The Labute approximate surface area is 73.2 Å². The third kappa shape index (κ3) is 2.48. The number of hydrogen-bond acceptors (Lipinski definition) is 3. The van der Waals surface area contributed by atoms with E-state index < -0.39 is 0 Å². The van der Waals surface area contributed by atoms with Gasteiger partial charge >= 0.3 is 0 Å². The normalized spacial score (nSPS) is 21.8.